The standard InChI is InChI=1S/C18H23ClN2O5/c1-12(26-17-6-4-16(19)5-7-17)18(24)21(14(3)23)25-11-15-8-9-20(10-15)13(2)22/h4-7,12,15H,8-11H2,1-3H3/t12-,15?/m0/s1. The van der Waals surface area contributed by atoms with Gasteiger partial charge in [0.1, 0.15) is 5.75 Å². The Morgan fingerprint density at radius 1 is 1.27 bits per heavy atom. The maximum absolute atomic E-state index is 12.5. The zero-order valence-corrected chi connectivity index (χ0v) is 15.9. The van der Waals surface area contributed by atoms with E-state index in [2.05, 4.69) is 0 Å². The highest BCUT2D eigenvalue weighted by atomic mass is 35.5. The van der Waals surface area contributed by atoms with Crippen molar-refractivity contribution < 1.29 is 24.0 Å². The molecule has 8 heteroatoms. The smallest absolute Gasteiger partial charge is 0.294 e. The molecule has 3 amide bonds. The van der Waals surface area contributed by atoms with Crippen LogP contribution in [0, 0.1) is 5.92 Å². The first kappa shape index (κ1) is 20.2. The Labute approximate surface area is 157 Å². The lowest BCUT2D eigenvalue weighted by atomic mass is 10.1. The van der Waals surface area contributed by atoms with Crippen LogP contribution in [0.5, 0.6) is 5.75 Å². The van der Waals surface area contributed by atoms with E-state index in [9.17, 15) is 14.4 Å². The average molecular weight is 383 g/mol. The van der Waals surface area contributed by atoms with Gasteiger partial charge in [-0.3, -0.25) is 19.2 Å². The molecule has 1 saturated heterocycles. The van der Waals surface area contributed by atoms with E-state index in [0.29, 0.717) is 23.9 Å². The molecule has 1 fully saturated rings. The largest absolute Gasteiger partial charge is 0.481 e. The molecular formula is C18H23ClN2O5. The van der Waals surface area contributed by atoms with Crippen LogP contribution in [0.4, 0.5) is 0 Å². The summed E-state index contributed by atoms with van der Waals surface area (Å²) in [6, 6.07) is 6.57. The summed E-state index contributed by atoms with van der Waals surface area (Å²) in [4.78, 5) is 42.8. The molecule has 0 saturated carbocycles. The minimum atomic E-state index is -0.905. The lowest BCUT2D eigenvalue weighted by Crippen LogP contribution is -2.44. The lowest BCUT2D eigenvalue weighted by molar-refractivity contribution is -0.201. The number of hydrogen-bond donors (Lipinski definition) is 0. The fourth-order valence-electron chi connectivity index (χ4n) is 2.68. The van der Waals surface area contributed by atoms with Crippen LogP contribution in [-0.4, -0.2) is 53.5 Å². The van der Waals surface area contributed by atoms with Gasteiger partial charge in [0.25, 0.3) is 5.91 Å². The van der Waals surface area contributed by atoms with E-state index in [1.54, 1.807) is 36.1 Å². The molecule has 0 N–H and O–H groups in total. The van der Waals surface area contributed by atoms with Crippen LogP contribution in [0.15, 0.2) is 24.3 Å². The third-order valence-corrected chi connectivity index (χ3v) is 4.38. The summed E-state index contributed by atoms with van der Waals surface area (Å²) < 4.78 is 5.55. The van der Waals surface area contributed by atoms with Gasteiger partial charge in [-0.1, -0.05) is 11.6 Å². The zero-order valence-electron chi connectivity index (χ0n) is 15.1. The third kappa shape index (κ3) is 5.44. The fourth-order valence-corrected chi connectivity index (χ4v) is 2.80. The Morgan fingerprint density at radius 3 is 2.46 bits per heavy atom. The maximum atomic E-state index is 12.5. The minimum Gasteiger partial charge on any atom is -0.481 e. The van der Waals surface area contributed by atoms with Gasteiger partial charge in [0.05, 0.1) is 6.61 Å². The van der Waals surface area contributed by atoms with Crippen molar-refractivity contribution >= 4 is 29.3 Å². The van der Waals surface area contributed by atoms with Crippen molar-refractivity contribution in [3.8, 4) is 5.75 Å². The van der Waals surface area contributed by atoms with E-state index >= 15 is 0 Å². The first-order valence-electron chi connectivity index (χ1n) is 8.43. The molecule has 2 atom stereocenters. The van der Waals surface area contributed by atoms with Crippen LogP contribution in [0.1, 0.15) is 27.2 Å². The second-order valence-electron chi connectivity index (χ2n) is 6.28. The van der Waals surface area contributed by atoms with Gasteiger partial charge < -0.3 is 9.64 Å². The second-order valence-corrected chi connectivity index (χ2v) is 6.72. The van der Waals surface area contributed by atoms with Crippen LogP contribution in [-0.2, 0) is 19.2 Å². The molecule has 0 bridgehead atoms. The monoisotopic (exact) mass is 382 g/mol. The molecule has 0 aromatic heterocycles. The zero-order chi connectivity index (χ0) is 19.3. The molecule has 0 spiro atoms. The first-order valence-corrected chi connectivity index (χ1v) is 8.81. The Balaban J connectivity index is 1.91. The molecule has 1 unspecified atom stereocenters. The number of carbonyl (C=O) groups is 3. The summed E-state index contributed by atoms with van der Waals surface area (Å²) in [5.74, 6) is -0.554. The molecule has 0 aliphatic carbocycles. The highest BCUT2D eigenvalue weighted by Gasteiger charge is 2.30. The Hall–Kier alpha value is -2.12. The summed E-state index contributed by atoms with van der Waals surface area (Å²) in [5, 5.41) is 1.29. The molecule has 1 heterocycles. The van der Waals surface area contributed by atoms with E-state index in [0.717, 1.165) is 11.5 Å². The van der Waals surface area contributed by atoms with Gasteiger partial charge in [0.2, 0.25) is 11.8 Å². The van der Waals surface area contributed by atoms with Crippen LogP contribution in [0.2, 0.25) is 5.02 Å². The number of halogens is 1. The predicted molar refractivity (Wildman–Crippen MR) is 95.4 cm³/mol. The van der Waals surface area contributed by atoms with Gasteiger partial charge in [-0.2, -0.15) is 5.06 Å². The van der Waals surface area contributed by atoms with E-state index < -0.39 is 17.9 Å². The van der Waals surface area contributed by atoms with Gasteiger partial charge in [-0.05, 0) is 37.6 Å². The van der Waals surface area contributed by atoms with E-state index in [-0.39, 0.29) is 18.4 Å². The molecule has 1 aromatic rings. The molecule has 142 valence electrons. The molecule has 1 aromatic carbocycles. The Bertz CT molecular complexity index is 664. The number of rotatable bonds is 6. The highest BCUT2D eigenvalue weighted by Crippen LogP contribution is 2.19. The number of amides is 3. The van der Waals surface area contributed by atoms with Crippen LogP contribution in [0.25, 0.3) is 0 Å². The minimum absolute atomic E-state index is 0.0111. The summed E-state index contributed by atoms with van der Waals surface area (Å²) in [5.41, 5.74) is 0. The number of imide groups is 1. The van der Waals surface area contributed by atoms with Crippen molar-refractivity contribution in [3.05, 3.63) is 29.3 Å². The fraction of sp³-hybridized carbons (Fsp3) is 0.500. The second kappa shape index (κ2) is 9.00. The van der Waals surface area contributed by atoms with E-state index in [1.165, 1.54) is 13.8 Å². The summed E-state index contributed by atoms with van der Waals surface area (Å²) in [6.45, 7) is 5.72. The average Bonchev–Trinajstić information content (AvgIpc) is 3.06. The first-order chi connectivity index (χ1) is 12.3. The number of hydroxylamine groups is 2. The number of likely N-dealkylation sites (tertiary alicyclic amines) is 1. The maximum Gasteiger partial charge on any atom is 0.294 e. The SMILES string of the molecule is CC(=O)N1CCC(CON(C(C)=O)C(=O)[C@H](C)Oc2ccc(Cl)cc2)C1. The summed E-state index contributed by atoms with van der Waals surface area (Å²) >= 11 is 5.82. The van der Waals surface area contributed by atoms with Gasteiger partial charge >= 0.3 is 0 Å². The van der Waals surface area contributed by atoms with Crippen molar-refractivity contribution in [2.45, 2.75) is 33.3 Å². The Morgan fingerprint density at radius 2 is 1.92 bits per heavy atom. The van der Waals surface area contributed by atoms with Gasteiger partial charge in [-0.25, -0.2) is 0 Å². The van der Waals surface area contributed by atoms with Crippen LogP contribution in [0.3, 0.4) is 0 Å². The van der Waals surface area contributed by atoms with E-state index in [4.69, 9.17) is 21.2 Å². The quantitative estimate of drug-likeness (QED) is 0.705. The van der Waals surface area contributed by atoms with Crippen LogP contribution >= 0.6 is 11.6 Å². The van der Waals surface area contributed by atoms with Crippen LogP contribution < -0.4 is 4.74 Å². The Kier molecular flexibility index (Phi) is 6.99. The normalized spacial score (nSPS) is 17.7. The van der Waals surface area contributed by atoms with Crippen molar-refractivity contribution in [3.63, 3.8) is 0 Å². The highest BCUT2D eigenvalue weighted by molar-refractivity contribution is 6.30. The number of nitrogens with zero attached hydrogens (tertiary/aromatic N) is 2. The van der Waals surface area contributed by atoms with Crippen molar-refractivity contribution in [2.75, 3.05) is 19.7 Å². The molecule has 2 rings (SSSR count). The van der Waals surface area contributed by atoms with Crippen molar-refractivity contribution in [1.82, 2.24) is 9.96 Å². The summed E-state index contributed by atoms with van der Waals surface area (Å²) in [6.07, 6.45) is -0.131. The molecule has 0 radical (unpaired) electrons. The molecule has 7 nitrogen and oxygen atoms in total. The molecule has 1 aliphatic heterocycles. The summed E-state index contributed by atoms with van der Waals surface area (Å²) in [7, 11) is 0. The molecule has 1 aliphatic rings. The van der Waals surface area contributed by atoms with Gasteiger partial charge in [-0.15, -0.1) is 0 Å². The topological polar surface area (TPSA) is 76.2 Å². The van der Waals surface area contributed by atoms with E-state index in [1.807, 2.05) is 0 Å². The number of carbonyl (C=O) groups excluding carboxylic acids is 3. The molecule has 26 heavy (non-hydrogen) atoms. The number of ether oxygens (including phenoxy) is 1. The van der Waals surface area contributed by atoms with Crippen molar-refractivity contribution in [1.29, 1.82) is 0 Å². The number of hydrogen-bond acceptors (Lipinski definition) is 5. The van der Waals surface area contributed by atoms with Gasteiger partial charge in [0.15, 0.2) is 6.10 Å². The van der Waals surface area contributed by atoms with Crippen molar-refractivity contribution in [2.24, 2.45) is 5.92 Å². The third-order valence-electron chi connectivity index (χ3n) is 4.13. The molecular weight excluding hydrogens is 360 g/mol. The predicted octanol–water partition coefficient (Wildman–Crippen LogP) is 2.28. The lowest BCUT2D eigenvalue weighted by Gasteiger charge is -2.24. The van der Waals surface area contributed by atoms with Gasteiger partial charge in [0, 0.05) is 37.9 Å². The number of benzene rings is 1.